The number of Topliss-reactive ketones (excluding diaryl/α,β-unsaturated/α-hetero) is 1. The average Bonchev–Trinajstić information content (AvgIpc) is 2.98. The van der Waals surface area contributed by atoms with E-state index in [0.29, 0.717) is 11.3 Å². The summed E-state index contributed by atoms with van der Waals surface area (Å²) in [4.78, 5) is 40.4. The molecule has 0 N–H and O–H groups in total. The summed E-state index contributed by atoms with van der Waals surface area (Å²) in [5, 5.41) is 0. The quantitative estimate of drug-likeness (QED) is 0.635. The second-order valence-electron chi connectivity index (χ2n) is 6.36. The summed E-state index contributed by atoms with van der Waals surface area (Å²) in [7, 11) is 1.88. The van der Waals surface area contributed by atoms with E-state index >= 15 is 0 Å². The second kappa shape index (κ2) is 6.20. The lowest BCUT2D eigenvalue weighted by atomic mass is 10.1. The van der Waals surface area contributed by atoms with Crippen LogP contribution in [0.15, 0.2) is 36.4 Å². The molecule has 0 spiro atoms. The van der Waals surface area contributed by atoms with E-state index in [0.717, 1.165) is 16.3 Å². The highest BCUT2D eigenvalue weighted by Gasteiger charge is 2.44. The van der Waals surface area contributed by atoms with Crippen LogP contribution in [0.3, 0.4) is 0 Å². The molecular weight excluding hydrogens is 318 g/mol. The Hall–Kier alpha value is -2.89. The van der Waals surface area contributed by atoms with Crippen LogP contribution < -0.4 is 4.90 Å². The van der Waals surface area contributed by atoms with Gasteiger partial charge < -0.3 is 4.57 Å². The number of aromatic nitrogens is 1. The third-order valence-electron chi connectivity index (χ3n) is 4.86. The van der Waals surface area contributed by atoms with Gasteiger partial charge in [-0.3, -0.25) is 19.4 Å². The van der Waals surface area contributed by atoms with Crippen LogP contribution in [0.5, 0.6) is 0 Å². The van der Waals surface area contributed by atoms with Gasteiger partial charge in [-0.15, -0.1) is 0 Å². The van der Waals surface area contributed by atoms with Crippen molar-refractivity contribution >= 4 is 23.4 Å². The smallest absolute Gasteiger partial charge is 0.332 e. The number of hydrogen-bond acceptors (Lipinski definition) is 3. The molecule has 0 aliphatic carbocycles. The minimum absolute atomic E-state index is 0.231. The number of imide groups is 1. The SMILES string of the molecule is Cc1cc(C(=O)CN2C(=O)C(C)N(c3ccccc3)C2=O)c(C)n1C. The monoisotopic (exact) mass is 339 g/mol. The van der Waals surface area contributed by atoms with Gasteiger partial charge in [0, 0.05) is 29.7 Å². The third kappa shape index (κ3) is 2.73. The highest BCUT2D eigenvalue weighted by atomic mass is 16.2. The maximum Gasteiger partial charge on any atom is 0.332 e. The normalized spacial score (nSPS) is 17.5. The van der Waals surface area contributed by atoms with E-state index in [1.165, 1.54) is 4.90 Å². The van der Waals surface area contributed by atoms with E-state index in [4.69, 9.17) is 0 Å². The van der Waals surface area contributed by atoms with Gasteiger partial charge in [0.15, 0.2) is 5.78 Å². The molecule has 1 aliphatic rings. The van der Waals surface area contributed by atoms with Crippen molar-refractivity contribution in [3.63, 3.8) is 0 Å². The van der Waals surface area contributed by atoms with E-state index in [1.807, 2.05) is 43.7 Å². The lowest BCUT2D eigenvalue weighted by Crippen LogP contribution is -2.37. The number of carbonyl (C=O) groups excluding carboxylic acids is 3. The van der Waals surface area contributed by atoms with Crippen molar-refractivity contribution in [3.05, 3.63) is 53.3 Å². The summed E-state index contributed by atoms with van der Waals surface area (Å²) in [6, 6.07) is 9.73. The molecule has 130 valence electrons. The van der Waals surface area contributed by atoms with Gasteiger partial charge >= 0.3 is 6.03 Å². The molecule has 6 nitrogen and oxygen atoms in total. The van der Waals surface area contributed by atoms with Crippen molar-refractivity contribution in [2.24, 2.45) is 7.05 Å². The number of carbonyl (C=O) groups is 3. The average molecular weight is 339 g/mol. The van der Waals surface area contributed by atoms with Crippen molar-refractivity contribution < 1.29 is 14.4 Å². The Morgan fingerprint density at radius 3 is 2.32 bits per heavy atom. The fourth-order valence-electron chi connectivity index (χ4n) is 3.16. The lowest BCUT2D eigenvalue weighted by Gasteiger charge is -2.19. The molecule has 1 aromatic heterocycles. The minimum atomic E-state index is -0.624. The van der Waals surface area contributed by atoms with Crippen LogP contribution in [0.4, 0.5) is 10.5 Å². The van der Waals surface area contributed by atoms with E-state index in [2.05, 4.69) is 0 Å². The van der Waals surface area contributed by atoms with E-state index in [1.54, 1.807) is 25.1 Å². The fourth-order valence-corrected chi connectivity index (χ4v) is 3.16. The first kappa shape index (κ1) is 17.0. The number of rotatable bonds is 4. The number of amides is 3. The highest BCUT2D eigenvalue weighted by Crippen LogP contribution is 2.26. The molecule has 3 amide bonds. The largest absolute Gasteiger partial charge is 0.351 e. The maximum absolute atomic E-state index is 12.7. The number of anilines is 1. The number of benzene rings is 1. The number of aryl methyl sites for hydroxylation is 1. The van der Waals surface area contributed by atoms with Crippen LogP contribution >= 0.6 is 0 Å². The molecular formula is C19H21N3O3. The van der Waals surface area contributed by atoms with Crippen LogP contribution in [0.2, 0.25) is 0 Å². The molecule has 2 aromatic rings. The number of ketones is 1. The van der Waals surface area contributed by atoms with Crippen molar-refractivity contribution in [3.8, 4) is 0 Å². The van der Waals surface area contributed by atoms with Crippen LogP contribution in [-0.2, 0) is 11.8 Å². The number of para-hydroxylation sites is 1. The molecule has 0 radical (unpaired) electrons. The van der Waals surface area contributed by atoms with Gasteiger partial charge in [-0.25, -0.2) is 4.79 Å². The first-order valence-electron chi connectivity index (χ1n) is 8.18. The predicted octanol–water partition coefficient (Wildman–Crippen LogP) is 2.68. The van der Waals surface area contributed by atoms with Crippen molar-refractivity contribution in [2.75, 3.05) is 11.4 Å². The highest BCUT2D eigenvalue weighted by molar-refractivity contribution is 6.16. The molecule has 3 rings (SSSR count). The summed E-state index contributed by atoms with van der Waals surface area (Å²) in [6.45, 7) is 5.20. The minimum Gasteiger partial charge on any atom is -0.351 e. The summed E-state index contributed by atoms with van der Waals surface area (Å²) in [5.41, 5.74) is 2.98. The molecule has 1 atom stereocenters. The van der Waals surface area contributed by atoms with Gasteiger partial charge in [-0.2, -0.15) is 0 Å². The van der Waals surface area contributed by atoms with Gasteiger partial charge in [0.1, 0.15) is 6.04 Å². The first-order valence-corrected chi connectivity index (χ1v) is 8.18. The molecule has 1 aliphatic heterocycles. The number of urea groups is 1. The molecule has 2 heterocycles. The van der Waals surface area contributed by atoms with Gasteiger partial charge in [-0.1, -0.05) is 18.2 Å². The van der Waals surface area contributed by atoms with Crippen molar-refractivity contribution in [1.82, 2.24) is 9.47 Å². The standard InChI is InChI=1S/C19H21N3O3/c1-12-10-16(13(2)20(12)4)17(23)11-21-18(24)14(3)22(19(21)25)15-8-6-5-7-9-15/h5-10,14H,11H2,1-4H3. The molecule has 25 heavy (non-hydrogen) atoms. The summed E-state index contributed by atoms with van der Waals surface area (Å²) >= 11 is 0. The molecule has 1 unspecified atom stereocenters. The number of nitrogens with zero attached hydrogens (tertiary/aromatic N) is 3. The third-order valence-corrected chi connectivity index (χ3v) is 4.86. The molecule has 1 aromatic carbocycles. The van der Waals surface area contributed by atoms with E-state index in [9.17, 15) is 14.4 Å². The fraction of sp³-hybridized carbons (Fsp3) is 0.316. The van der Waals surface area contributed by atoms with Crippen LogP contribution in [0.1, 0.15) is 28.7 Å². The Kier molecular flexibility index (Phi) is 4.20. The zero-order chi connectivity index (χ0) is 18.3. The Morgan fingerprint density at radius 1 is 1.12 bits per heavy atom. The molecule has 0 saturated carbocycles. The van der Waals surface area contributed by atoms with Crippen LogP contribution in [0.25, 0.3) is 0 Å². The van der Waals surface area contributed by atoms with Crippen LogP contribution in [-0.4, -0.2) is 39.8 Å². The maximum atomic E-state index is 12.7. The first-order chi connectivity index (χ1) is 11.8. The zero-order valence-corrected chi connectivity index (χ0v) is 14.8. The van der Waals surface area contributed by atoms with Crippen molar-refractivity contribution in [2.45, 2.75) is 26.8 Å². The zero-order valence-electron chi connectivity index (χ0n) is 14.8. The Bertz CT molecular complexity index is 854. The topological polar surface area (TPSA) is 62.6 Å². The van der Waals surface area contributed by atoms with Crippen molar-refractivity contribution in [1.29, 1.82) is 0 Å². The Morgan fingerprint density at radius 2 is 1.76 bits per heavy atom. The predicted molar refractivity (Wildman–Crippen MR) is 94.7 cm³/mol. The van der Waals surface area contributed by atoms with Gasteiger partial charge in [-0.05, 0) is 39.0 Å². The Balaban J connectivity index is 1.85. The van der Waals surface area contributed by atoms with Crippen LogP contribution in [0, 0.1) is 13.8 Å². The Labute approximate surface area is 146 Å². The number of hydrogen-bond donors (Lipinski definition) is 0. The summed E-state index contributed by atoms with van der Waals surface area (Å²) < 4.78 is 1.92. The lowest BCUT2D eigenvalue weighted by molar-refractivity contribution is -0.126. The summed E-state index contributed by atoms with van der Waals surface area (Å²) in [5.74, 6) is -0.586. The molecule has 1 fully saturated rings. The van der Waals surface area contributed by atoms with Gasteiger partial charge in [0.05, 0.1) is 6.54 Å². The van der Waals surface area contributed by atoms with E-state index in [-0.39, 0.29) is 18.2 Å². The van der Waals surface area contributed by atoms with Gasteiger partial charge in [0.2, 0.25) is 0 Å². The van der Waals surface area contributed by atoms with Gasteiger partial charge in [0.25, 0.3) is 5.91 Å². The molecule has 0 bridgehead atoms. The second-order valence-corrected chi connectivity index (χ2v) is 6.36. The van der Waals surface area contributed by atoms with E-state index < -0.39 is 12.1 Å². The summed E-state index contributed by atoms with van der Waals surface area (Å²) in [6.07, 6.45) is 0. The molecule has 6 heteroatoms. The molecule has 1 saturated heterocycles.